The number of esters is 3. The Bertz CT molecular complexity index is 5220. The van der Waals surface area contributed by atoms with Crippen LogP contribution < -0.4 is 0 Å². The van der Waals surface area contributed by atoms with Crippen LogP contribution in [0.25, 0.3) is 0 Å². The monoisotopic (exact) mass is 1870 g/mol. The van der Waals surface area contributed by atoms with Crippen molar-refractivity contribution in [2.75, 3.05) is 33.5 Å². The highest BCUT2D eigenvalue weighted by Gasteiger charge is 2.83. The molecule has 24 aliphatic rings. The Labute approximate surface area is 697 Å². The SMILES string of the molecule is CC(=O)OCC12CC3C(COC(C)=O)(O1)C(OS3(=O)=O)C2C.CC1C2CC3C(C)(O2)C1OS3(=O)=O.CC1C2CC3C(O2)C1(C)OS3(=O)=O.CC1C2OC3C1OS(=O)(=O)C3C2C.CC1C2OS(=O)(=O)C3CC1(C)OC23.CC1C2OS(=O)(=O)C3CC1(C)OC23C.CC1C2OS(=O)(=O)C3CC1(CO)OC23CO.COC(=O)C1C2OC3C(OS(=O)(=O)C31)C2C. The molecule has 42 unspecified atom stereocenters. The van der Waals surface area contributed by atoms with Crippen LogP contribution in [0.1, 0.15) is 149 Å². The molecule has 0 saturated carbocycles. The normalized spacial score (nSPS) is 56.7. The van der Waals surface area contributed by atoms with E-state index >= 15 is 0 Å². The third-order valence-corrected chi connectivity index (χ3v) is 46.2. The third-order valence-electron chi connectivity index (χ3n) is 32.1. The van der Waals surface area contributed by atoms with Crippen LogP contribution in [-0.4, -0.2) is 313 Å². The van der Waals surface area contributed by atoms with Crippen molar-refractivity contribution in [3.05, 3.63) is 0 Å². The molecule has 0 aromatic carbocycles. The lowest BCUT2D eigenvalue weighted by Gasteiger charge is -2.31. The molecule has 40 nitrogen and oxygen atoms in total. The number of hydrogen-bond acceptors (Lipinski definition) is 40. The first-order valence-electron chi connectivity index (χ1n) is 40.6. The van der Waals surface area contributed by atoms with Gasteiger partial charge in [-0.1, -0.05) is 62.3 Å². The van der Waals surface area contributed by atoms with Crippen molar-refractivity contribution in [3.8, 4) is 0 Å². The highest BCUT2D eigenvalue weighted by molar-refractivity contribution is 7.89. The summed E-state index contributed by atoms with van der Waals surface area (Å²) in [5.41, 5.74) is -6.53. The first-order valence-corrected chi connectivity index (χ1v) is 52.3. The zero-order valence-electron chi connectivity index (χ0n) is 68.8. The van der Waals surface area contributed by atoms with E-state index in [2.05, 4.69) is 4.74 Å². The van der Waals surface area contributed by atoms with Crippen molar-refractivity contribution < 1.29 is 178 Å². The van der Waals surface area contributed by atoms with E-state index in [1.165, 1.54) is 21.0 Å². The van der Waals surface area contributed by atoms with E-state index in [0.29, 0.717) is 25.7 Å². The van der Waals surface area contributed by atoms with Crippen LogP contribution in [0.5, 0.6) is 0 Å². The standard InChI is InChI=1S/C13H18O8S.C9H14O6S.C9H12O6S.C9H14O4S.4C8H12O4S/c1-7-11-13(6-19-9(3)15)10(22(16,17)20-11)4-12(7,21-13)5-18-8(2)14;1-5-7-9(4-11)6(16(12,13)14-7)2-8(5,3-10)15-9;1-3-5-4(9(10)13-2)8-7(14-5)6(3)15-16(8,11)12;1-5-7-9(3)6(14(10,11)12-7)4-8(5,2)13-9;1-4-6-7-5(13(9,10)12-6)3-8(4,2)11-7;1-4-5-3-6-7(11-5)8(4,2)12-13(6,9)10;1-4-5-3-6-8(2,11-5)7(4)12-13(6,9)10;1-3-5-4(2)8-7(11-5)6(3)12-13(8,9)10/h7,10-11H,4-6H2,1-3H3;5-7,10-11H,2-4H2,1H3;3-8H,1-2H3;5-7H,4H2,1-3H3;3*4-7H,3H2,1-2H3;3-8H,1-2H3. The summed E-state index contributed by atoms with van der Waals surface area (Å²) < 4.78 is 288. The van der Waals surface area contributed by atoms with E-state index in [4.69, 9.17) is 80.8 Å². The maximum atomic E-state index is 12.2. The van der Waals surface area contributed by atoms with Crippen molar-refractivity contribution in [2.24, 2.45) is 59.2 Å². The molecule has 2 N–H and O–H groups in total. The summed E-state index contributed by atoms with van der Waals surface area (Å²) in [4.78, 5) is 33.8. The molecule has 42 atom stereocenters. The molecule has 682 valence electrons. The number of fused-ring (bicyclic) bond motifs is 8. The molecule has 0 aromatic heterocycles. The van der Waals surface area contributed by atoms with Gasteiger partial charge in [-0.05, 0) is 60.3 Å². The molecular weight excluding hydrogens is 1760 g/mol. The Hall–Kier alpha value is -2.71. The molecular formula is C72H106O40S8. The molecule has 120 heavy (non-hydrogen) atoms. The molecule has 0 aliphatic carbocycles. The number of carbonyl (C=O) groups excluding carboxylic acids is 3. The molecule has 24 heterocycles. The second kappa shape index (κ2) is 27.7. The van der Waals surface area contributed by atoms with Gasteiger partial charge in [0.05, 0.1) is 61.5 Å². The van der Waals surface area contributed by atoms with Crippen molar-refractivity contribution in [1.29, 1.82) is 0 Å². The fourth-order valence-electron chi connectivity index (χ4n) is 25.1. The molecule has 24 saturated heterocycles. The van der Waals surface area contributed by atoms with Gasteiger partial charge in [0.2, 0.25) is 0 Å². The predicted molar refractivity (Wildman–Crippen MR) is 402 cm³/mol. The molecule has 0 radical (unpaired) electrons. The maximum absolute atomic E-state index is 12.2. The van der Waals surface area contributed by atoms with Gasteiger partial charge in [0, 0.05) is 80.0 Å². The smallest absolute Gasteiger partial charge is 0.312 e. The van der Waals surface area contributed by atoms with Gasteiger partial charge in [-0.2, -0.15) is 67.3 Å². The summed E-state index contributed by atoms with van der Waals surface area (Å²) in [6, 6.07) is 0. The first-order chi connectivity index (χ1) is 55.2. The Morgan fingerprint density at radius 3 is 1.42 bits per heavy atom. The van der Waals surface area contributed by atoms with E-state index in [9.17, 15) is 91.9 Å². The molecule has 0 spiro atoms. The summed E-state index contributed by atoms with van der Waals surface area (Å²) in [5, 5.41) is 14.1. The zero-order chi connectivity index (χ0) is 87.8. The number of ether oxygens (including phenoxy) is 11. The average Bonchev–Trinajstić information content (AvgIpc) is 1.49. The minimum atomic E-state index is -3.80. The minimum absolute atomic E-state index is 0.0444. The van der Waals surface area contributed by atoms with E-state index in [-0.39, 0.29) is 158 Å². The first kappa shape index (κ1) is 89.3. The Morgan fingerprint density at radius 2 is 0.892 bits per heavy atom. The largest absolute Gasteiger partial charge is 0.469 e. The highest BCUT2D eigenvalue weighted by atomic mass is 32.3. The van der Waals surface area contributed by atoms with Crippen LogP contribution in [0.15, 0.2) is 0 Å². The summed E-state index contributed by atoms with van der Waals surface area (Å²) in [7, 11) is -26.7. The lowest BCUT2D eigenvalue weighted by Crippen LogP contribution is -2.51. The second-order valence-corrected chi connectivity index (χ2v) is 52.3. The molecule has 0 aromatic rings. The maximum Gasteiger partial charge on any atom is 0.312 e. The van der Waals surface area contributed by atoms with Crippen LogP contribution in [-0.2, 0) is 181 Å². The summed E-state index contributed by atoms with van der Waals surface area (Å²) in [6.07, 6.45) is -1.36. The lowest BCUT2D eigenvalue weighted by molar-refractivity contribution is -0.162. The van der Waals surface area contributed by atoms with Crippen LogP contribution in [0.3, 0.4) is 0 Å². The van der Waals surface area contributed by atoms with Crippen LogP contribution in [0.4, 0.5) is 0 Å². The average molecular weight is 1870 g/mol. The quantitative estimate of drug-likeness (QED) is 0.181. The van der Waals surface area contributed by atoms with Gasteiger partial charge in [-0.25, -0.2) is 0 Å². The fraction of sp³-hybridized carbons (Fsp3) is 0.958. The third kappa shape index (κ3) is 12.3. The number of hydrogen-bond donors (Lipinski definition) is 2. The van der Waals surface area contributed by atoms with E-state index in [1.54, 1.807) is 13.8 Å². The van der Waals surface area contributed by atoms with Gasteiger partial charge in [-0.15, -0.1) is 0 Å². The number of methoxy groups -OCH3 is 1. The summed E-state index contributed by atoms with van der Waals surface area (Å²) >= 11 is 0. The van der Waals surface area contributed by atoms with Gasteiger partial charge in [0.25, 0.3) is 80.9 Å². The van der Waals surface area contributed by atoms with Crippen LogP contribution in [0, 0.1) is 59.2 Å². The van der Waals surface area contributed by atoms with E-state index in [1.807, 2.05) is 83.1 Å². The second-order valence-electron chi connectivity index (χ2n) is 38.3. The Morgan fingerprint density at radius 1 is 0.375 bits per heavy atom. The van der Waals surface area contributed by atoms with Gasteiger partial charge < -0.3 is 62.3 Å². The molecule has 24 rings (SSSR count). The lowest BCUT2D eigenvalue weighted by atomic mass is 9.73. The predicted octanol–water partition coefficient (Wildman–Crippen LogP) is -0.686. The zero-order valence-corrected chi connectivity index (χ0v) is 75.3. The van der Waals surface area contributed by atoms with Crippen molar-refractivity contribution in [1.82, 2.24) is 0 Å². The number of rotatable bonds is 7. The number of aliphatic hydroxyl groups excluding tert-OH is 2. The number of aliphatic hydroxyl groups is 2. The van der Waals surface area contributed by atoms with Gasteiger partial charge in [0.1, 0.15) is 162 Å². The van der Waals surface area contributed by atoms with Crippen molar-refractivity contribution in [2.45, 2.75) is 333 Å². The Kier molecular flexibility index (Phi) is 20.6. The molecule has 0 amide bonds. The molecule has 24 fully saturated rings. The molecule has 48 heteroatoms. The number of carbonyl (C=O) groups is 3. The minimum Gasteiger partial charge on any atom is -0.469 e. The van der Waals surface area contributed by atoms with Crippen LogP contribution >= 0.6 is 0 Å². The summed E-state index contributed by atoms with van der Waals surface area (Å²) in [6.45, 7) is 28.5. The summed E-state index contributed by atoms with van der Waals surface area (Å²) in [5.74, 6) is -1.87. The molecule has 24 aliphatic heterocycles. The van der Waals surface area contributed by atoms with Gasteiger partial charge in [-0.3, -0.25) is 47.8 Å². The van der Waals surface area contributed by atoms with E-state index in [0.717, 1.165) is 0 Å². The van der Waals surface area contributed by atoms with Gasteiger partial charge >= 0.3 is 17.9 Å². The van der Waals surface area contributed by atoms with E-state index < -0.39 is 223 Å². The fourth-order valence-corrected chi connectivity index (χ4v) is 40.7. The van der Waals surface area contributed by atoms with Crippen LogP contribution in [0.2, 0.25) is 0 Å². The highest BCUT2D eigenvalue weighted by Crippen LogP contribution is 2.66. The topological polar surface area (TPSA) is 540 Å². The molecule has 16 bridgehead atoms. The Balaban J connectivity index is 0.0000000984. The van der Waals surface area contributed by atoms with Crippen molar-refractivity contribution >= 4 is 98.9 Å². The van der Waals surface area contributed by atoms with Crippen molar-refractivity contribution in [3.63, 3.8) is 0 Å². The van der Waals surface area contributed by atoms with Gasteiger partial charge in [0.15, 0.2) is 0 Å².